The lowest BCUT2D eigenvalue weighted by molar-refractivity contribution is -0.384. The summed E-state index contributed by atoms with van der Waals surface area (Å²) in [4.78, 5) is 36.1. The molecule has 4 rings (SSSR count). The van der Waals surface area contributed by atoms with Gasteiger partial charge in [-0.05, 0) is 55.9 Å². The molecular formula is C27H27N3O6. The number of fused-ring (bicyclic) bond motifs is 1. The summed E-state index contributed by atoms with van der Waals surface area (Å²) in [6, 6.07) is 11.2. The molecule has 2 aromatic carbocycles. The number of hydrogen-bond acceptors (Lipinski definition) is 7. The van der Waals surface area contributed by atoms with Crippen molar-refractivity contribution in [3.63, 3.8) is 0 Å². The second-order valence-corrected chi connectivity index (χ2v) is 9.10. The lowest BCUT2D eigenvalue weighted by Gasteiger charge is -2.13. The van der Waals surface area contributed by atoms with Crippen molar-refractivity contribution in [2.75, 3.05) is 0 Å². The monoisotopic (exact) mass is 489 g/mol. The Hall–Kier alpha value is -4.27. The molecule has 0 aliphatic heterocycles. The van der Waals surface area contributed by atoms with Gasteiger partial charge >= 0.3 is 5.97 Å². The predicted octanol–water partition coefficient (Wildman–Crippen LogP) is 5.62. The third-order valence-electron chi connectivity index (χ3n) is 6.12. The van der Waals surface area contributed by atoms with E-state index in [2.05, 4.69) is 10.5 Å². The van der Waals surface area contributed by atoms with Crippen LogP contribution in [-0.2, 0) is 6.42 Å². The summed E-state index contributed by atoms with van der Waals surface area (Å²) in [5.74, 6) is 0.238. The van der Waals surface area contributed by atoms with Crippen LogP contribution in [-0.4, -0.2) is 22.5 Å². The van der Waals surface area contributed by atoms with Crippen molar-refractivity contribution in [1.29, 1.82) is 0 Å². The van der Waals surface area contributed by atoms with E-state index in [4.69, 9.17) is 9.15 Å². The summed E-state index contributed by atoms with van der Waals surface area (Å²) in [6.07, 6.45) is 1.94. The summed E-state index contributed by atoms with van der Waals surface area (Å²) in [5.41, 5.74) is 6.17. The van der Waals surface area contributed by atoms with Gasteiger partial charge in [-0.3, -0.25) is 14.9 Å². The Bertz CT molecular complexity index is 1390. The number of non-ortho nitro benzene ring substituents is 1. The van der Waals surface area contributed by atoms with E-state index >= 15 is 0 Å². The Balaban J connectivity index is 1.58. The van der Waals surface area contributed by atoms with Gasteiger partial charge in [0.2, 0.25) is 5.76 Å². The van der Waals surface area contributed by atoms with E-state index in [0.29, 0.717) is 41.2 Å². The number of furan rings is 1. The number of hydrogen-bond donors (Lipinski definition) is 1. The van der Waals surface area contributed by atoms with Crippen LogP contribution in [0.4, 0.5) is 5.69 Å². The molecule has 3 aromatic rings. The van der Waals surface area contributed by atoms with Gasteiger partial charge < -0.3 is 9.15 Å². The predicted molar refractivity (Wildman–Crippen MR) is 134 cm³/mol. The van der Waals surface area contributed by atoms with Gasteiger partial charge in [0, 0.05) is 35.2 Å². The lowest BCUT2D eigenvalue weighted by Crippen LogP contribution is -2.22. The van der Waals surface area contributed by atoms with Crippen molar-refractivity contribution >= 4 is 23.3 Å². The Labute approximate surface area is 208 Å². The first kappa shape index (κ1) is 24.8. The average molecular weight is 490 g/mol. The zero-order chi connectivity index (χ0) is 26.0. The molecule has 0 bridgehead atoms. The number of amides is 1. The standard InChI is InChI=1S/C27H27N3O6/c1-15(2)20-12-11-16(3)13-23(20)36-27(32)25-17(4)24-21(9-6-10-22(24)35-25)28-29-26(31)18-7-5-8-19(14-18)30(33)34/h5,7-8,11-15H,6,9-10H2,1-4H3,(H,29,31)/b28-21+. The van der Waals surface area contributed by atoms with E-state index in [1.165, 1.54) is 24.3 Å². The van der Waals surface area contributed by atoms with Gasteiger partial charge in [-0.15, -0.1) is 0 Å². The Kier molecular flexibility index (Phi) is 7.00. The number of nitro benzene ring substituents is 1. The number of nitrogens with one attached hydrogen (secondary N) is 1. The van der Waals surface area contributed by atoms with Gasteiger partial charge in [-0.1, -0.05) is 32.0 Å². The van der Waals surface area contributed by atoms with Crippen molar-refractivity contribution in [3.8, 4) is 5.75 Å². The Morgan fingerprint density at radius 1 is 1.14 bits per heavy atom. The molecule has 0 unspecified atom stereocenters. The molecule has 9 heteroatoms. The number of hydrazone groups is 1. The number of nitrogens with zero attached hydrogens (tertiary/aromatic N) is 2. The van der Waals surface area contributed by atoms with Crippen LogP contribution in [0, 0.1) is 24.0 Å². The first-order chi connectivity index (χ1) is 17.2. The molecule has 36 heavy (non-hydrogen) atoms. The highest BCUT2D eigenvalue weighted by Gasteiger charge is 2.29. The highest BCUT2D eigenvalue weighted by molar-refractivity contribution is 6.06. The maximum Gasteiger partial charge on any atom is 0.379 e. The third kappa shape index (κ3) is 5.05. The topological polar surface area (TPSA) is 124 Å². The SMILES string of the molecule is Cc1ccc(C(C)C)c(OC(=O)c2oc3c(c2C)/C(=N/NC(=O)c2cccc([N+](=O)[O-])c2)CCC3)c1. The zero-order valence-electron chi connectivity index (χ0n) is 20.6. The molecule has 1 heterocycles. The molecule has 0 atom stereocenters. The van der Waals surface area contributed by atoms with Crippen LogP contribution in [0.3, 0.4) is 0 Å². The van der Waals surface area contributed by atoms with Gasteiger partial charge in [0.05, 0.1) is 10.6 Å². The van der Waals surface area contributed by atoms with Crippen LogP contribution in [0.25, 0.3) is 0 Å². The van der Waals surface area contributed by atoms with Crippen LogP contribution in [0.1, 0.15) is 81.5 Å². The molecule has 1 N–H and O–H groups in total. The number of benzene rings is 2. The van der Waals surface area contributed by atoms with Gasteiger partial charge in [0.1, 0.15) is 11.5 Å². The van der Waals surface area contributed by atoms with Gasteiger partial charge in [-0.25, -0.2) is 10.2 Å². The fourth-order valence-corrected chi connectivity index (χ4v) is 4.27. The molecular weight excluding hydrogens is 462 g/mol. The van der Waals surface area contributed by atoms with Crippen molar-refractivity contribution in [1.82, 2.24) is 5.43 Å². The van der Waals surface area contributed by atoms with Crippen LogP contribution >= 0.6 is 0 Å². The molecule has 0 saturated carbocycles. The highest BCUT2D eigenvalue weighted by Crippen LogP contribution is 2.32. The summed E-state index contributed by atoms with van der Waals surface area (Å²) in [6.45, 7) is 7.76. The van der Waals surface area contributed by atoms with Crippen LogP contribution in [0.2, 0.25) is 0 Å². The first-order valence-corrected chi connectivity index (χ1v) is 11.7. The molecule has 1 aromatic heterocycles. The number of rotatable bonds is 6. The molecule has 0 spiro atoms. The maximum absolute atomic E-state index is 13.1. The molecule has 0 saturated heterocycles. The molecule has 0 fully saturated rings. The van der Waals surface area contributed by atoms with Gasteiger partial charge in [-0.2, -0.15) is 5.10 Å². The van der Waals surface area contributed by atoms with Crippen molar-refractivity contribution in [2.45, 2.75) is 52.9 Å². The lowest BCUT2D eigenvalue weighted by atomic mass is 9.93. The van der Waals surface area contributed by atoms with Crippen LogP contribution in [0.5, 0.6) is 5.75 Å². The summed E-state index contributed by atoms with van der Waals surface area (Å²) < 4.78 is 11.7. The number of carbonyl (C=O) groups excluding carboxylic acids is 2. The van der Waals surface area contributed by atoms with E-state index in [-0.39, 0.29) is 22.9 Å². The number of carbonyl (C=O) groups is 2. The van der Waals surface area contributed by atoms with E-state index < -0.39 is 16.8 Å². The normalized spacial score (nSPS) is 14.0. The van der Waals surface area contributed by atoms with Gasteiger partial charge in [0.25, 0.3) is 11.6 Å². The minimum atomic E-state index is -0.589. The molecule has 1 amide bonds. The fourth-order valence-electron chi connectivity index (χ4n) is 4.27. The maximum atomic E-state index is 13.1. The number of nitro groups is 1. The summed E-state index contributed by atoms with van der Waals surface area (Å²) in [5, 5.41) is 15.3. The fraction of sp³-hybridized carbons (Fsp3) is 0.296. The number of esters is 1. The minimum absolute atomic E-state index is 0.107. The smallest absolute Gasteiger partial charge is 0.379 e. The number of ether oxygens (including phenoxy) is 1. The largest absolute Gasteiger partial charge is 0.453 e. The van der Waals surface area contributed by atoms with Crippen LogP contribution < -0.4 is 10.2 Å². The van der Waals surface area contributed by atoms with E-state index in [1.807, 2.05) is 39.0 Å². The van der Waals surface area contributed by atoms with E-state index in [1.54, 1.807) is 6.92 Å². The molecule has 9 nitrogen and oxygen atoms in total. The second kappa shape index (κ2) is 10.2. The Morgan fingerprint density at radius 2 is 1.92 bits per heavy atom. The average Bonchev–Trinajstić information content (AvgIpc) is 3.19. The minimum Gasteiger partial charge on any atom is -0.453 e. The molecule has 0 radical (unpaired) electrons. The van der Waals surface area contributed by atoms with Gasteiger partial charge in [0.15, 0.2) is 0 Å². The highest BCUT2D eigenvalue weighted by atomic mass is 16.6. The molecule has 186 valence electrons. The third-order valence-corrected chi connectivity index (χ3v) is 6.12. The van der Waals surface area contributed by atoms with E-state index in [9.17, 15) is 19.7 Å². The zero-order valence-corrected chi connectivity index (χ0v) is 20.6. The summed E-state index contributed by atoms with van der Waals surface area (Å²) >= 11 is 0. The second-order valence-electron chi connectivity index (χ2n) is 9.10. The molecule has 1 aliphatic carbocycles. The molecule has 1 aliphatic rings. The van der Waals surface area contributed by atoms with Crippen molar-refractivity contribution < 1.29 is 23.7 Å². The van der Waals surface area contributed by atoms with Crippen LogP contribution in [0.15, 0.2) is 52.0 Å². The first-order valence-electron chi connectivity index (χ1n) is 11.7. The van der Waals surface area contributed by atoms with E-state index in [0.717, 1.165) is 17.5 Å². The Morgan fingerprint density at radius 3 is 2.64 bits per heavy atom. The quantitative estimate of drug-likeness (QED) is 0.207. The van der Waals surface area contributed by atoms with Crippen molar-refractivity contribution in [2.24, 2.45) is 5.10 Å². The number of aryl methyl sites for hydroxylation is 2. The van der Waals surface area contributed by atoms with Crippen molar-refractivity contribution in [3.05, 3.63) is 91.9 Å². The summed E-state index contributed by atoms with van der Waals surface area (Å²) in [7, 11) is 0.